The van der Waals surface area contributed by atoms with Gasteiger partial charge in [-0.25, -0.2) is 4.79 Å². The molecule has 1 aromatic heterocycles. The van der Waals surface area contributed by atoms with Gasteiger partial charge in [0.15, 0.2) is 0 Å². The Morgan fingerprint density at radius 1 is 0.972 bits per heavy atom. The van der Waals surface area contributed by atoms with Crippen molar-refractivity contribution in [2.75, 3.05) is 5.75 Å². The smallest absolute Gasteiger partial charge is 0.326 e. The number of aliphatic hydroxyl groups excluding tert-OH is 1. The number of carbonyl (C=O) groups excluding carboxylic acids is 3. The number of fused-ring (bicyclic) bond motifs is 1. The Balaban J connectivity index is 2.28. The summed E-state index contributed by atoms with van der Waals surface area (Å²) in [5, 5.41) is 27.5. The second-order valence-electron chi connectivity index (χ2n) is 9.16. The third kappa shape index (κ3) is 7.97. The van der Waals surface area contributed by atoms with E-state index in [0.717, 1.165) is 16.5 Å². The molecule has 5 unspecified atom stereocenters. The van der Waals surface area contributed by atoms with Crippen LogP contribution in [0.4, 0.5) is 0 Å². The molecule has 0 saturated heterocycles. The second-order valence-corrected chi connectivity index (χ2v) is 9.53. The molecule has 5 atom stereocenters. The van der Waals surface area contributed by atoms with Crippen LogP contribution in [0.5, 0.6) is 0 Å². The highest BCUT2D eigenvalue weighted by molar-refractivity contribution is 7.80. The summed E-state index contributed by atoms with van der Waals surface area (Å²) in [5.74, 6) is -3.40. The van der Waals surface area contributed by atoms with E-state index in [2.05, 4.69) is 33.6 Å². The molecule has 8 N–H and O–H groups in total. The standard InChI is InChI=1S/C24H35N5O6S/c1-12(2)8-18(24(34)35)28-21(31)17(9-14-10-26-16-7-5-4-6-15(14)16)27-22(32)19(11-36)29-23(33)20(25)13(3)30/h4-7,10,12-13,17-20,26,30,36H,8-9,11,25H2,1-3H3,(H,27,32)(H,28,31)(H,29,33)(H,34,35). The molecule has 0 saturated carbocycles. The Labute approximate surface area is 215 Å². The minimum atomic E-state index is -1.25. The predicted octanol–water partition coefficient (Wildman–Crippen LogP) is -0.0666. The Morgan fingerprint density at radius 2 is 1.56 bits per heavy atom. The molecule has 2 aromatic rings. The first-order chi connectivity index (χ1) is 16.9. The number of rotatable bonds is 13. The van der Waals surface area contributed by atoms with Gasteiger partial charge < -0.3 is 36.9 Å². The number of thiol groups is 1. The first-order valence-electron chi connectivity index (χ1n) is 11.7. The zero-order valence-corrected chi connectivity index (χ0v) is 21.4. The molecule has 0 aliphatic heterocycles. The van der Waals surface area contributed by atoms with Crippen molar-refractivity contribution in [3.63, 3.8) is 0 Å². The quantitative estimate of drug-likeness (QED) is 0.169. The van der Waals surface area contributed by atoms with Crippen LogP contribution >= 0.6 is 12.6 Å². The van der Waals surface area contributed by atoms with E-state index in [9.17, 15) is 29.4 Å². The molecule has 0 bridgehead atoms. The van der Waals surface area contributed by atoms with Gasteiger partial charge in [-0.3, -0.25) is 14.4 Å². The maximum Gasteiger partial charge on any atom is 0.326 e. The van der Waals surface area contributed by atoms with E-state index in [1.165, 1.54) is 6.92 Å². The molecule has 0 radical (unpaired) electrons. The summed E-state index contributed by atoms with van der Waals surface area (Å²) in [6.07, 6.45) is 0.861. The number of aromatic amines is 1. The molecular formula is C24H35N5O6S. The number of carboxylic acid groups (broad SMARTS) is 1. The average molecular weight is 522 g/mol. The van der Waals surface area contributed by atoms with Crippen LogP contribution in [-0.2, 0) is 25.6 Å². The second kappa shape index (κ2) is 13.3. The number of amides is 3. The SMILES string of the molecule is CC(C)CC(NC(=O)C(Cc1c[nH]c2ccccc12)NC(=O)C(CS)NC(=O)C(N)C(C)O)C(=O)O. The number of hydrogen-bond acceptors (Lipinski definition) is 7. The molecule has 0 spiro atoms. The molecule has 11 nitrogen and oxygen atoms in total. The Morgan fingerprint density at radius 3 is 2.14 bits per heavy atom. The summed E-state index contributed by atoms with van der Waals surface area (Å²) in [7, 11) is 0. The van der Waals surface area contributed by atoms with Crippen LogP contribution in [0.15, 0.2) is 30.5 Å². The van der Waals surface area contributed by atoms with Gasteiger partial charge in [0.2, 0.25) is 17.7 Å². The number of carboxylic acids is 1. The molecule has 0 aliphatic carbocycles. The summed E-state index contributed by atoms with van der Waals surface area (Å²) in [5.41, 5.74) is 7.22. The number of H-pyrrole nitrogens is 1. The predicted molar refractivity (Wildman–Crippen MR) is 138 cm³/mol. The number of hydrogen-bond donors (Lipinski definition) is 8. The zero-order chi connectivity index (χ0) is 27.0. The minimum absolute atomic E-state index is 0.00922. The number of aliphatic hydroxyl groups is 1. The van der Waals surface area contributed by atoms with E-state index in [4.69, 9.17) is 5.73 Å². The van der Waals surface area contributed by atoms with E-state index >= 15 is 0 Å². The van der Waals surface area contributed by atoms with Crippen LogP contribution < -0.4 is 21.7 Å². The van der Waals surface area contributed by atoms with Crippen LogP contribution in [-0.4, -0.2) is 74.9 Å². The largest absolute Gasteiger partial charge is 0.480 e. The summed E-state index contributed by atoms with van der Waals surface area (Å²) in [4.78, 5) is 53.3. The lowest BCUT2D eigenvalue weighted by Gasteiger charge is -2.25. The maximum atomic E-state index is 13.2. The number of para-hydroxylation sites is 1. The van der Waals surface area contributed by atoms with Crippen LogP contribution in [0, 0.1) is 5.92 Å². The van der Waals surface area contributed by atoms with E-state index in [1.54, 1.807) is 6.20 Å². The Hall–Kier alpha value is -3.09. The lowest BCUT2D eigenvalue weighted by atomic mass is 10.0. The fraction of sp³-hybridized carbons (Fsp3) is 0.500. The van der Waals surface area contributed by atoms with E-state index in [0.29, 0.717) is 0 Å². The van der Waals surface area contributed by atoms with Crippen molar-refractivity contribution >= 4 is 47.2 Å². The normalized spacial score (nSPS) is 15.5. The number of aliphatic carboxylic acids is 1. The summed E-state index contributed by atoms with van der Waals surface area (Å²) < 4.78 is 0. The molecule has 2 rings (SSSR count). The molecular weight excluding hydrogens is 486 g/mol. The fourth-order valence-corrected chi connectivity index (χ4v) is 3.91. The number of aromatic nitrogens is 1. The summed E-state index contributed by atoms with van der Waals surface area (Å²) in [6.45, 7) is 5.02. The summed E-state index contributed by atoms with van der Waals surface area (Å²) >= 11 is 4.12. The highest BCUT2D eigenvalue weighted by Crippen LogP contribution is 2.19. The Bertz CT molecular complexity index is 1070. The number of benzene rings is 1. The highest BCUT2D eigenvalue weighted by Gasteiger charge is 2.31. The van der Waals surface area contributed by atoms with Crippen molar-refractivity contribution < 1.29 is 29.4 Å². The summed E-state index contributed by atoms with van der Waals surface area (Å²) in [6, 6.07) is 2.76. The third-order valence-electron chi connectivity index (χ3n) is 5.69. The Kier molecular flexibility index (Phi) is 10.8. The fourth-order valence-electron chi connectivity index (χ4n) is 3.65. The van der Waals surface area contributed by atoms with Crippen molar-refractivity contribution in [3.8, 4) is 0 Å². The zero-order valence-electron chi connectivity index (χ0n) is 20.5. The van der Waals surface area contributed by atoms with Gasteiger partial charge in [0.25, 0.3) is 0 Å². The van der Waals surface area contributed by atoms with Gasteiger partial charge in [-0.2, -0.15) is 12.6 Å². The van der Waals surface area contributed by atoms with Gasteiger partial charge in [-0.05, 0) is 30.9 Å². The molecule has 0 fully saturated rings. The lowest BCUT2D eigenvalue weighted by Crippen LogP contribution is -2.59. The first kappa shape index (κ1) is 29.1. The molecule has 1 aromatic carbocycles. The minimum Gasteiger partial charge on any atom is -0.480 e. The van der Waals surface area contributed by atoms with Gasteiger partial charge in [0, 0.05) is 29.3 Å². The third-order valence-corrected chi connectivity index (χ3v) is 6.06. The van der Waals surface area contributed by atoms with Gasteiger partial charge >= 0.3 is 5.97 Å². The van der Waals surface area contributed by atoms with E-state index in [1.807, 2.05) is 38.1 Å². The monoisotopic (exact) mass is 521 g/mol. The van der Waals surface area contributed by atoms with Gasteiger partial charge in [-0.15, -0.1) is 0 Å². The van der Waals surface area contributed by atoms with Crippen molar-refractivity contribution in [1.29, 1.82) is 0 Å². The van der Waals surface area contributed by atoms with Crippen molar-refractivity contribution in [2.24, 2.45) is 11.7 Å². The van der Waals surface area contributed by atoms with Crippen LogP contribution in [0.2, 0.25) is 0 Å². The van der Waals surface area contributed by atoms with Gasteiger partial charge in [0.05, 0.1) is 6.10 Å². The molecule has 36 heavy (non-hydrogen) atoms. The van der Waals surface area contributed by atoms with Crippen LogP contribution in [0.25, 0.3) is 10.9 Å². The van der Waals surface area contributed by atoms with Crippen molar-refractivity contribution in [1.82, 2.24) is 20.9 Å². The number of carbonyl (C=O) groups is 4. The van der Waals surface area contributed by atoms with Crippen LogP contribution in [0.3, 0.4) is 0 Å². The highest BCUT2D eigenvalue weighted by atomic mass is 32.1. The maximum absolute atomic E-state index is 13.2. The van der Waals surface area contributed by atoms with Crippen molar-refractivity contribution in [2.45, 2.75) is 63.9 Å². The topological polar surface area (TPSA) is 187 Å². The van der Waals surface area contributed by atoms with Gasteiger partial charge in [0.1, 0.15) is 24.2 Å². The van der Waals surface area contributed by atoms with E-state index in [-0.39, 0.29) is 24.5 Å². The van der Waals surface area contributed by atoms with Crippen LogP contribution in [0.1, 0.15) is 32.8 Å². The molecule has 3 amide bonds. The number of nitrogens with one attached hydrogen (secondary N) is 4. The molecule has 12 heteroatoms. The van der Waals surface area contributed by atoms with E-state index < -0.39 is 54.0 Å². The molecule has 1 heterocycles. The number of nitrogens with two attached hydrogens (primary N) is 1. The average Bonchev–Trinajstić information content (AvgIpc) is 3.23. The molecule has 198 valence electrons. The van der Waals surface area contributed by atoms with Crippen molar-refractivity contribution in [3.05, 3.63) is 36.0 Å². The molecule has 0 aliphatic rings. The first-order valence-corrected chi connectivity index (χ1v) is 12.3. The van der Waals surface area contributed by atoms with Gasteiger partial charge in [-0.1, -0.05) is 32.0 Å². The lowest BCUT2D eigenvalue weighted by molar-refractivity contribution is -0.142.